The van der Waals surface area contributed by atoms with Gasteiger partial charge in [-0.2, -0.15) is 0 Å². The standard InChI is InChI=1S/C9H18N2O5S/c1-6(7(12)13)11-8(14)10-5-9(2,3)17(4,15)16/h6H,5H2,1-4H3,(H,12,13)(H2,10,11,14)/t6-/m1/s1. The SMILES string of the molecule is C[C@@H](NC(=O)NCC(C)(C)S(C)(=O)=O)C(=O)O. The average molecular weight is 266 g/mol. The lowest BCUT2D eigenvalue weighted by atomic mass is 10.2. The van der Waals surface area contributed by atoms with Crippen LogP contribution in [0.1, 0.15) is 20.8 Å². The monoisotopic (exact) mass is 266 g/mol. The van der Waals surface area contributed by atoms with E-state index in [2.05, 4.69) is 10.6 Å². The van der Waals surface area contributed by atoms with Gasteiger partial charge in [-0.05, 0) is 20.8 Å². The van der Waals surface area contributed by atoms with Crippen LogP contribution in [0.2, 0.25) is 0 Å². The highest BCUT2D eigenvalue weighted by atomic mass is 32.2. The number of sulfone groups is 1. The lowest BCUT2D eigenvalue weighted by Crippen LogP contribution is -2.50. The summed E-state index contributed by atoms with van der Waals surface area (Å²) in [6.45, 7) is 4.17. The second kappa shape index (κ2) is 5.35. The minimum atomic E-state index is -3.30. The molecule has 0 rings (SSSR count). The number of rotatable bonds is 5. The molecule has 0 aliphatic rings. The van der Waals surface area contributed by atoms with Crippen molar-refractivity contribution >= 4 is 21.8 Å². The first-order valence-electron chi connectivity index (χ1n) is 4.94. The normalized spacial score (nSPS) is 13.9. The van der Waals surface area contributed by atoms with Crippen LogP contribution < -0.4 is 10.6 Å². The Morgan fingerprint density at radius 2 is 1.82 bits per heavy atom. The third-order valence-corrected chi connectivity index (χ3v) is 4.55. The number of amides is 2. The van der Waals surface area contributed by atoms with E-state index in [0.29, 0.717) is 0 Å². The molecule has 0 spiro atoms. The molecular formula is C9H18N2O5S. The zero-order valence-corrected chi connectivity index (χ0v) is 11.1. The molecule has 0 aromatic rings. The summed E-state index contributed by atoms with van der Waals surface area (Å²) in [6, 6.07) is -1.74. The lowest BCUT2D eigenvalue weighted by molar-refractivity contribution is -0.138. The van der Waals surface area contributed by atoms with Gasteiger partial charge in [-0.15, -0.1) is 0 Å². The molecule has 0 heterocycles. The Hall–Kier alpha value is -1.31. The molecule has 0 aromatic heterocycles. The molecule has 0 fully saturated rings. The number of carbonyl (C=O) groups excluding carboxylic acids is 1. The highest BCUT2D eigenvalue weighted by molar-refractivity contribution is 7.92. The lowest BCUT2D eigenvalue weighted by Gasteiger charge is -2.23. The molecule has 0 aliphatic heterocycles. The third kappa shape index (κ3) is 5.03. The summed E-state index contributed by atoms with van der Waals surface area (Å²) in [5.74, 6) is -1.16. The number of carboxylic acids is 1. The summed E-state index contributed by atoms with van der Waals surface area (Å²) in [5.41, 5.74) is 0. The highest BCUT2D eigenvalue weighted by Crippen LogP contribution is 2.13. The molecule has 0 aliphatic carbocycles. The Labute approximate surface area is 101 Å². The van der Waals surface area contributed by atoms with Crippen molar-refractivity contribution in [2.24, 2.45) is 0 Å². The molecular weight excluding hydrogens is 248 g/mol. The van der Waals surface area contributed by atoms with Crippen molar-refractivity contribution in [1.82, 2.24) is 10.6 Å². The first-order chi connectivity index (χ1) is 7.47. The number of hydrogen-bond acceptors (Lipinski definition) is 4. The molecule has 2 amide bonds. The molecule has 100 valence electrons. The van der Waals surface area contributed by atoms with Crippen molar-refractivity contribution in [2.45, 2.75) is 31.6 Å². The largest absolute Gasteiger partial charge is 0.480 e. The van der Waals surface area contributed by atoms with E-state index in [1.807, 2.05) is 0 Å². The zero-order valence-electron chi connectivity index (χ0n) is 10.3. The van der Waals surface area contributed by atoms with E-state index < -0.39 is 32.6 Å². The minimum absolute atomic E-state index is 0.0932. The van der Waals surface area contributed by atoms with E-state index in [1.165, 1.54) is 20.8 Å². The van der Waals surface area contributed by atoms with Crippen LogP contribution in [0.3, 0.4) is 0 Å². The van der Waals surface area contributed by atoms with Gasteiger partial charge >= 0.3 is 12.0 Å². The number of carbonyl (C=O) groups is 2. The van der Waals surface area contributed by atoms with E-state index >= 15 is 0 Å². The fourth-order valence-electron chi connectivity index (χ4n) is 0.734. The smallest absolute Gasteiger partial charge is 0.325 e. The van der Waals surface area contributed by atoms with Crippen LogP contribution in [0.4, 0.5) is 4.79 Å². The van der Waals surface area contributed by atoms with Crippen LogP contribution in [0, 0.1) is 0 Å². The van der Waals surface area contributed by atoms with Crippen LogP contribution in [0.25, 0.3) is 0 Å². The molecule has 0 bridgehead atoms. The summed E-state index contributed by atoms with van der Waals surface area (Å²) >= 11 is 0. The van der Waals surface area contributed by atoms with Crippen molar-refractivity contribution in [1.29, 1.82) is 0 Å². The van der Waals surface area contributed by atoms with Gasteiger partial charge in [-0.1, -0.05) is 0 Å². The number of nitrogens with one attached hydrogen (secondary N) is 2. The van der Waals surface area contributed by atoms with E-state index in [9.17, 15) is 18.0 Å². The molecule has 0 radical (unpaired) electrons. The van der Waals surface area contributed by atoms with Crippen molar-refractivity contribution in [3.8, 4) is 0 Å². The van der Waals surface area contributed by atoms with Gasteiger partial charge in [0.15, 0.2) is 9.84 Å². The van der Waals surface area contributed by atoms with Crippen molar-refractivity contribution < 1.29 is 23.1 Å². The molecule has 3 N–H and O–H groups in total. The quantitative estimate of drug-likeness (QED) is 0.625. The summed E-state index contributed by atoms with van der Waals surface area (Å²) in [4.78, 5) is 21.7. The van der Waals surface area contributed by atoms with Crippen molar-refractivity contribution in [3.63, 3.8) is 0 Å². The van der Waals surface area contributed by atoms with E-state index in [1.54, 1.807) is 0 Å². The number of urea groups is 1. The minimum Gasteiger partial charge on any atom is -0.480 e. The van der Waals surface area contributed by atoms with Crippen LogP contribution in [-0.2, 0) is 14.6 Å². The van der Waals surface area contributed by atoms with Gasteiger partial charge < -0.3 is 15.7 Å². The van der Waals surface area contributed by atoms with Crippen LogP contribution in [0.15, 0.2) is 0 Å². The van der Waals surface area contributed by atoms with Gasteiger partial charge in [0, 0.05) is 12.8 Å². The van der Waals surface area contributed by atoms with Crippen molar-refractivity contribution in [3.05, 3.63) is 0 Å². The number of carboxylic acid groups (broad SMARTS) is 1. The summed E-state index contributed by atoms with van der Waals surface area (Å²) < 4.78 is 21.6. The third-order valence-electron chi connectivity index (χ3n) is 2.40. The maximum Gasteiger partial charge on any atom is 0.325 e. The van der Waals surface area contributed by atoms with Gasteiger partial charge in [0.05, 0.1) is 4.75 Å². The van der Waals surface area contributed by atoms with Crippen molar-refractivity contribution in [2.75, 3.05) is 12.8 Å². The predicted molar refractivity (Wildman–Crippen MR) is 62.6 cm³/mol. The van der Waals surface area contributed by atoms with Gasteiger partial charge in [0.1, 0.15) is 6.04 Å². The Morgan fingerprint density at radius 1 is 1.35 bits per heavy atom. The number of hydrogen-bond donors (Lipinski definition) is 3. The summed E-state index contributed by atoms with van der Waals surface area (Å²) in [5, 5.41) is 13.0. The topological polar surface area (TPSA) is 113 Å². The van der Waals surface area contributed by atoms with Crippen LogP contribution >= 0.6 is 0 Å². The Morgan fingerprint density at radius 3 is 2.18 bits per heavy atom. The molecule has 0 saturated heterocycles. The fourth-order valence-corrected chi connectivity index (χ4v) is 1.07. The Kier molecular flexibility index (Phi) is 4.94. The highest BCUT2D eigenvalue weighted by Gasteiger charge is 2.30. The predicted octanol–water partition coefficient (Wildman–Crippen LogP) is -0.418. The van der Waals surface area contributed by atoms with Crippen LogP contribution in [-0.4, -0.2) is 49.1 Å². The van der Waals surface area contributed by atoms with E-state index in [-0.39, 0.29) is 6.54 Å². The molecule has 7 nitrogen and oxygen atoms in total. The van der Waals surface area contributed by atoms with Gasteiger partial charge in [0.25, 0.3) is 0 Å². The maximum atomic E-state index is 11.3. The average Bonchev–Trinajstić information content (AvgIpc) is 2.12. The van der Waals surface area contributed by atoms with Gasteiger partial charge in [-0.3, -0.25) is 4.79 Å². The number of aliphatic carboxylic acids is 1. The van der Waals surface area contributed by atoms with Gasteiger partial charge in [0.2, 0.25) is 0 Å². The zero-order chi connectivity index (χ0) is 13.9. The molecule has 0 unspecified atom stereocenters. The van der Waals surface area contributed by atoms with Gasteiger partial charge in [-0.25, -0.2) is 13.2 Å². The second-order valence-corrected chi connectivity index (χ2v) is 7.07. The van der Waals surface area contributed by atoms with Crippen LogP contribution in [0.5, 0.6) is 0 Å². The molecule has 8 heteroatoms. The second-order valence-electron chi connectivity index (χ2n) is 4.42. The Balaban J connectivity index is 4.32. The maximum absolute atomic E-state index is 11.3. The van der Waals surface area contributed by atoms with E-state index in [0.717, 1.165) is 6.26 Å². The van der Waals surface area contributed by atoms with E-state index in [4.69, 9.17) is 5.11 Å². The summed E-state index contributed by atoms with van der Waals surface area (Å²) in [7, 11) is -3.30. The fraction of sp³-hybridized carbons (Fsp3) is 0.778. The molecule has 0 saturated carbocycles. The first kappa shape index (κ1) is 15.7. The first-order valence-corrected chi connectivity index (χ1v) is 6.83. The molecule has 17 heavy (non-hydrogen) atoms. The summed E-state index contributed by atoms with van der Waals surface area (Å²) in [6.07, 6.45) is 1.08. The Bertz CT molecular complexity index is 402. The molecule has 1 atom stereocenters. The molecule has 0 aromatic carbocycles.